The first-order valence-corrected chi connectivity index (χ1v) is 11.1. The molecule has 5 rings (SSSR count). The van der Waals surface area contributed by atoms with Crippen LogP contribution in [0.25, 0.3) is 11.1 Å². The van der Waals surface area contributed by atoms with Crippen LogP contribution >= 0.6 is 0 Å². The van der Waals surface area contributed by atoms with Crippen LogP contribution in [0, 0.1) is 0 Å². The molecule has 1 aromatic heterocycles. The molecule has 168 valence electrons. The predicted molar refractivity (Wildman–Crippen MR) is 124 cm³/mol. The van der Waals surface area contributed by atoms with Gasteiger partial charge in [0.25, 0.3) is 0 Å². The van der Waals surface area contributed by atoms with E-state index in [1.165, 1.54) is 0 Å². The lowest BCUT2D eigenvalue weighted by Gasteiger charge is -2.36. The first-order chi connectivity index (χ1) is 16.2. The van der Waals surface area contributed by atoms with E-state index in [9.17, 15) is 14.7 Å². The molecule has 2 heterocycles. The van der Waals surface area contributed by atoms with Crippen LogP contribution in [-0.4, -0.2) is 70.6 Å². The molecule has 0 radical (unpaired) electrons. The molecule has 2 N–H and O–H groups in total. The molecule has 0 saturated carbocycles. The molecule has 8 heteroatoms. The quantitative estimate of drug-likeness (QED) is 0.619. The third kappa shape index (κ3) is 3.93. The maximum Gasteiger partial charge on any atom is 0.247 e. The van der Waals surface area contributed by atoms with Gasteiger partial charge in [0.2, 0.25) is 17.8 Å². The lowest BCUT2D eigenvalue weighted by Crippen LogP contribution is -2.56. The summed E-state index contributed by atoms with van der Waals surface area (Å²) < 4.78 is 0. The summed E-state index contributed by atoms with van der Waals surface area (Å²) in [6.07, 6.45) is 3.38. The zero-order chi connectivity index (χ0) is 22.8. The molecule has 3 aromatic rings. The standard InChI is InChI=1S/C25H25N5O3/c31-16-21(24(33)29-12-14-30(15-13-29)25-26-10-5-11-27-25)28-23(32)22-19-8-3-1-6-17(19)18-7-2-4-9-20(18)22/h1-11,21-22,31H,12-16H2,(H,28,32)/t21-/m0/s1. The van der Waals surface area contributed by atoms with Gasteiger partial charge in [0.05, 0.1) is 12.5 Å². The van der Waals surface area contributed by atoms with Crippen LogP contribution in [0.2, 0.25) is 0 Å². The highest BCUT2D eigenvalue weighted by atomic mass is 16.3. The second-order valence-corrected chi connectivity index (χ2v) is 8.21. The number of fused-ring (bicyclic) bond motifs is 3. The molecule has 2 amide bonds. The number of hydrogen-bond donors (Lipinski definition) is 2. The summed E-state index contributed by atoms with van der Waals surface area (Å²) in [6.45, 7) is 1.66. The van der Waals surface area contributed by atoms with Crippen molar-refractivity contribution in [2.75, 3.05) is 37.7 Å². The Morgan fingerprint density at radius 3 is 2.06 bits per heavy atom. The molecule has 0 unspecified atom stereocenters. The van der Waals surface area contributed by atoms with Crippen LogP contribution in [0.15, 0.2) is 67.0 Å². The Labute approximate surface area is 191 Å². The van der Waals surface area contributed by atoms with E-state index in [-0.39, 0.29) is 11.8 Å². The molecule has 1 atom stereocenters. The van der Waals surface area contributed by atoms with E-state index in [2.05, 4.69) is 15.3 Å². The number of carbonyl (C=O) groups is 2. The van der Waals surface area contributed by atoms with Crippen molar-refractivity contribution in [3.05, 3.63) is 78.1 Å². The van der Waals surface area contributed by atoms with Crippen LogP contribution in [0.3, 0.4) is 0 Å². The zero-order valence-electron chi connectivity index (χ0n) is 18.1. The van der Waals surface area contributed by atoms with Crippen molar-refractivity contribution >= 4 is 17.8 Å². The summed E-state index contributed by atoms with van der Waals surface area (Å²) in [4.78, 5) is 38.7. The number of benzene rings is 2. The number of nitrogens with zero attached hydrogens (tertiary/aromatic N) is 4. The minimum absolute atomic E-state index is 0.279. The fourth-order valence-corrected chi connectivity index (χ4v) is 4.68. The molecule has 2 aliphatic rings. The SMILES string of the molecule is O=C(N[C@@H](CO)C(=O)N1CCN(c2ncccn2)CC1)C1c2ccccc2-c2ccccc21. The number of amides is 2. The van der Waals surface area contributed by atoms with Crippen molar-refractivity contribution in [2.24, 2.45) is 0 Å². The lowest BCUT2D eigenvalue weighted by atomic mass is 9.95. The summed E-state index contributed by atoms with van der Waals surface area (Å²) in [6, 6.07) is 16.4. The maximum atomic E-state index is 13.3. The van der Waals surface area contributed by atoms with Gasteiger partial charge in [-0.25, -0.2) is 9.97 Å². The predicted octanol–water partition coefficient (Wildman–Crippen LogP) is 1.41. The smallest absolute Gasteiger partial charge is 0.247 e. The highest BCUT2D eigenvalue weighted by Crippen LogP contribution is 2.44. The number of piperazine rings is 1. The van der Waals surface area contributed by atoms with E-state index < -0.39 is 18.6 Å². The van der Waals surface area contributed by atoms with E-state index in [0.29, 0.717) is 32.1 Å². The Kier molecular flexibility index (Phi) is 5.75. The largest absolute Gasteiger partial charge is 0.394 e. The summed E-state index contributed by atoms with van der Waals surface area (Å²) in [5.41, 5.74) is 3.88. The molecule has 2 aromatic carbocycles. The fourth-order valence-electron chi connectivity index (χ4n) is 4.68. The van der Waals surface area contributed by atoms with Gasteiger partial charge >= 0.3 is 0 Å². The van der Waals surface area contributed by atoms with Crippen molar-refractivity contribution in [1.82, 2.24) is 20.2 Å². The van der Waals surface area contributed by atoms with Crippen molar-refractivity contribution in [2.45, 2.75) is 12.0 Å². The zero-order valence-corrected chi connectivity index (χ0v) is 18.1. The lowest BCUT2D eigenvalue weighted by molar-refractivity contribution is -0.138. The molecule has 1 fully saturated rings. The van der Waals surface area contributed by atoms with Crippen LogP contribution in [0.5, 0.6) is 0 Å². The topological polar surface area (TPSA) is 98.7 Å². The van der Waals surface area contributed by atoms with Crippen LogP contribution in [-0.2, 0) is 9.59 Å². The molecule has 1 aliphatic heterocycles. The first-order valence-electron chi connectivity index (χ1n) is 11.1. The minimum atomic E-state index is -0.989. The van der Waals surface area contributed by atoms with Crippen molar-refractivity contribution < 1.29 is 14.7 Å². The van der Waals surface area contributed by atoms with Gasteiger partial charge in [-0.1, -0.05) is 48.5 Å². The highest BCUT2D eigenvalue weighted by Gasteiger charge is 2.36. The second kappa shape index (κ2) is 8.99. The molecular formula is C25H25N5O3. The number of aliphatic hydroxyl groups excluding tert-OH is 1. The summed E-state index contributed by atoms with van der Waals surface area (Å²) in [5, 5.41) is 12.8. The van der Waals surface area contributed by atoms with Gasteiger partial charge in [-0.2, -0.15) is 0 Å². The van der Waals surface area contributed by atoms with Crippen LogP contribution < -0.4 is 10.2 Å². The van der Waals surface area contributed by atoms with Crippen LogP contribution in [0.1, 0.15) is 17.0 Å². The summed E-state index contributed by atoms with van der Waals surface area (Å²) in [5.74, 6) is -0.434. The number of rotatable bonds is 5. The maximum absolute atomic E-state index is 13.3. The highest BCUT2D eigenvalue weighted by molar-refractivity contribution is 5.98. The number of anilines is 1. The van der Waals surface area contributed by atoms with Gasteiger partial charge in [-0.05, 0) is 28.3 Å². The molecule has 0 spiro atoms. The van der Waals surface area contributed by atoms with E-state index in [0.717, 1.165) is 22.3 Å². The number of aromatic nitrogens is 2. The number of hydrogen-bond acceptors (Lipinski definition) is 6. The van der Waals surface area contributed by atoms with Crippen molar-refractivity contribution in [1.29, 1.82) is 0 Å². The molecule has 33 heavy (non-hydrogen) atoms. The molecule has 0 bridgehead atoms. The summed E-state index contributed by atoms with van der Waals surface area (Å²) >= 11 is 0. The van der Waals surface area contributed by atoms with Gasteiger partial charge < -0.3 is 20.2 Å². The van der Waals surface area contributed by atoms with Gasteiger partial charge in [0.15, 0.2) is 0 Å². The van der Waals surface area contributed by atoms with Gasteiger partial charge in [-0.15, -0.1) is 0 Å². The second-order valence-electron chi connectivity index (χ2n) is 8.21. The Bertz CT molecular complexity index is 1120. The first kappa shape index (κ1) is 21.1. The van der Waals surface area contributed by atoms with Gasteiger partial charge in [0.1, 0.15) is 6.04 Å². The Morgan fingerprint density at radius 2 is 1.48 bits per heavy atom. The number of aliphatic hydroxyl groups is 1. The minimum Gasteiger partial charge on any atom is -0.394 e. The third-order valence-corrected chi connectivity index (χ3v) is 6.32. The van der Waals surface area contributed by atoms with Gasteiger partial charge in [-0.3, -0.25) is 9.59 Å². The fraction of sp³-hybridized carbons (Fsp3) is 0.280. The number of nitrogens with one attached hydrogen (secondary N) is 1. The van der Waals surface area contributed by atoms with Crippen molar-refractivity contribution in [3.63, 3.8) is 0 Å². The number of carbonyl (C=O) groups excluding carboxylic acids is 2. The average molecular weight is 444 g/mol. The Morgan fingerprint density at radius 1 is 0.909 bits per heavy atom. The molecule has 1 saturated heterocycles. The summed E-state index contributed by atoms with van der Waals surface area (Å²) in [7, 11) is 0. The third-order valence-electron chi connectivity index (χ3n) is 6.32. The van der Waals surface area contributed by atoms with E-state index >= 15 is 0 Å². The van der Waals surface area contributed by atoms with Crippen LogP contribution in [0.4, 0.5) is 5.95 Å². The monoisotopic (exact) mass is 443 g/mol. The Hall–Kier alpha value is -3.78. The van der Waals surface area contributed by atoms with E-state index in [1.807, 2.05) is 53.4 Å². The van der Waals surface area contributed by atoms with Gasteiger partial charge in [0, 0.05) is 38.6 Å². The molecular weight excluding hydrogens is 418 g/mol. The van der Waals surface area contributed by atoms with E-state index in [4.69, 9.17) is 0 Å². The van der Waals surface area contributed by atoms with E-state index in [1.54, 1.807) is 23.4 Å². The average Bonchev–Trinajstić information content (AvgIpc) is 3.22. The molecule has 8 nitrogen and oxygen atoms in total. The Balaban J connectivity index is 1.28. The van der Waals surface area contributed by atoms with Crippen molar-refractivity contribution in [3.8, 4) is 11.1 Å². The molecule has 1 aliphatic carbocycles. The normalized spacial score (nSPS) is 16.2.